The van der Waals surface area contributed by atoms with Crippen molar-refractivity contribution in [2.75, 3.05) is 12.3 Å². The molecule has 2 aliphatic rings. The number of benzene rings is 1. The highest BCUT2D eigenvalue weighted by Gasteiger charge is 2.91. The average Bonchev–Trinajstić information content (AvgIpc) is 3.30. The maximum atomic E-state index is 14.7. The molecule has 1 aromatic carbocycles. The minimum Gasteiger partial charge on any atom is -0.461 e. The third-order valence-corrected chi connectivity index (χ3v) is 10.0. The number of anilines is 1. The highest BCUT2D eigenvalue weighted by molar-refractivity contribution is 7.52. The number of fused-ring (bicyclic) bond motifs is 2. The van der Waals surface area contributed by atoms with Gasteiger partial charge in [0.15, 0.2) is 11.9 Å². The number of nitrogens with two attached hydrogens (primary N) is 1. The zero-order valence-electron chi connectivity index (χ0n) is 29.2. The smallest absolute Gasteiger partial charge is 0.459 e. The number of nitrogens with zero attached hydrogens (tertiary/aromatic N) is 3. The van der Waals surface area contributed by atoms with Crippen LogP contribution in [0.5, 0.6) is 5.75 Å². The lowest BCUT2D eigenvalue weighted by molar-refractivity contribution is -0.181. The van der Waals surface area contributed by atoms with Gasteiger partial charge in [-0.1, -0.05) is 45.9 Å². The first-order chi connectivity index (χ1) is 23.3. The van der Waals surface area contributed by atoms with E-state index in [1.165, 1.54) is 43.7 Å². The Labute approximate surface area is 289 Å². The first-order valence-electron chi connectivity index (χ1n) is 16.2. The van der Waals surface area contributed by atoms with Crippen LogP contribution in [0, 0.1) is 11.8 Å². The molecule has 4 N–H and O–H groups in total. The quantitative estimate of drug-likeness (QED) is 0.124. The van der Waals surface area contributed by atoms with Crippen molar-refractivity contribution >= 4 is 37.0 Å². The summed E-state index contributed by atoms with van der Waals surface area (Å²) in [4.78, 5) is 43.6. The van der Waals surface area contributed by atoms with Gasteiger partial charge in [-0.2, -0.15) is 10.2 Å². The molecule has 17 heteroatoms. The molecule has 1 saturated carbocycles. The van der Waals surface area contributed by atoms with Gasteiger partial charge in [0.1, 0.15) is 48.1 Å². The van der Waals surface area contributed by atoms with Gasteiger partial charge >= 0.3 is 25.7 Å². The normalized spacial score (nSPS) is 26.3. The van der Waals surface area contributed by atoms with E-state index < -0.39 is 78.6 Å². The number of ether oxygens (including phenoxy) is 4. The van der Waals surface area contributed by atoms with Gasteiger partial charge in [0, 0.05) is 0 Å². The molecule has 1 aliphatic heterocycles. The second-order valence-electron chi connectivity index (χ2n) is 13.9. The van der Waals surface area contributed by atoms with Crippen LogP contribution in [-0.4, -0.2) is 79.3 Å². The van der Waals surface area contributed by atoms with Crippen molar-refractivity contribution in [1.82, 2.24) is 19.7 Å². The molecule has 7 atom stereocenters. The number of rotatable bonds is 14. The number of para-hydroxylation sites is 1. The van der Waals surface area contributed by atoms with Crippen LogP contribution in [0.15, 0.2) is 48.8 Å². The fraction of sp³-hybridized carbons (Fsp3) is 0.545. The molecule has 3 heterocycles. The largest absolute Gasteiger partial charge is 0.461 e. The SMILES string of the molecule is CC(C)C(=O)O[C@H]1[C@H](c2ccc3c(N)ncnn23)O[C@]2(C)C(O[P@](=O)(N[C@@H](C)C(=O)OCC(C)(C)O)Oc3ccccc3)[C@]12OC(=O)C(C)C. The summed E-state index contributed by atoms with van der Waals surface area (Å²) in [5, 5.41) is 17.0. The van der Waals surface area contributed by atoms with Gasteiger partial charge in [-0.05, 0) is 52.0 Å². The Hall–Kier alpha value is -4.08. The van der Waals surface area contributed by atoms with Gasteiger partial charge in [-0.15, -0.1) is 0 Å². The monoisotopic (exact) mass is 717 g/mol. The first-order valence-corrected chi connectivity index (χ1v) is 17.8. The van der Waals surface area contributed by atoms with E-state index >= 15 is 0 Å². The number of hydrogen-bond donors (Lipinski definition) is 3. The van der Waals surface area contributed by atoms with Gasteiger partial charge in [-0.3, -0.25) is 18.9 Å². The minimum absolute atomic E-state index is 0.128. The van der Waals surface area contributed by atoms with E-state index in [2.05, 4.69) is 15.2 Å². The lowest BCUT2D eigenvalue weighted by atomic mass is 10.0. The average molecular weight is 718 g/mol. The van der Waals surface area contributed by atoms with Crippen molar-refractivity contribution in [1.29, 1.82) is 0 Å². The highest BCUT2D eigenvalue weighted by atomic mass is 31.2. The summed E-state index contributed by atoms with van der Waals surface area (Å²) < 4.78 is 52.4. The standard InChI is InChI=1S/C33H44N5O11P/c1-18(2)27(39)45-25-24(22-14-15-23-26(34)35-17-36-38(22)23)46-32(8)30(33(25,32)47-28(40)19(3)4)49-50(43,48-21-12-10-9-11-13-21)37-20(5)29(41)44-16-31(6,7)42/h9-15,17-20,24-25,30,42H,16H2,1-8H3,(H,37,43)(H2,34,35,36)/t20-,24-,25-,30?,32+,33+,50-/m0/s1. The second kappa shape index (κ2) is 13.6. The molecule has 1 aliphatic carbocycles. The van der Waals surface area contributed by atoms with E-state index in [1.54, 1.807) is 65.0 Å². The number of aliphatic hydroxyl groups is 1. The number of nitrogen functional groups attached to an aromatic ring is 1. The zero-order valence-corrected chi connectivity index (χ0v) is 30.1. The first kappa shape index (κ1) is 37.2. The molecule has 2 aromatic heterocycles. The van der Waals surface area contributed by atoms with E-state index in [0.29, 0.717) is 11.2 Å². The molecular weight excluding hydrogens is 673 g/mol. The maximum Gasteiger partial charge on any atom is 0.459 e. The minimum atomic E-state index is -4.59. The van der Waals surface area contributed by atoms with Crippen molar-refractivity contribution in [2.45, 2.75) is 96.5 Å². The van der Waals surface area contributed by atoms with Crippen molar-refractivity contribution < 1.29 is 52.1 Å². The lowest BCUT2D eigenvalue weighted by Crippen LogP contribution is -2.45. The van der Waals surface area contributed by atoms with Gasteiger partial charge in [0.25, 0.3) is 0 Å². The fourth-order valence-corrected chi connectivity index (χ4v) is 7.45. The summed E-state index contributed by atoms with van der Waals surface area (Å²) in [6.07, 6.45) is -2.51. The summed E-state index contributed by atoms with van der Waals surface area (Å²) in [7, 11) is -4.59. The van der Waals surface area contributed by atoms with Crippen molar-refractivity contribution in [2.24, 2.45) is 11.8 Å². The van der Waals surface area contributed by atoms with Crippen LogP contribution in [0.4, 0.5) is 5.82 Å². The summed E-state index contributed by atoms with van der Waals surface area (Å²) in [5.41, 5.74) is 2.21. The van der Waals surface area contributed by atoms with Crippen LogP contribution in [0.25, 0.3) is 5.52 Å². The van der Waals surface area contributed by atoms with Gasteiger partial charge < -0.3 is 34.3 Å². The maximum absolute atomic E-state index is 14.7. The molecular formula is C33H44N5O11P. The molecule has 0 spiro atoms. The molecule has 1 saturated heterocycles. The summed E-state index contributed by atoms with van der Waals surface area (Å²) in [5.74, 6) is -3.05. The number of hydrogen-bond acceptors (Lipinski definition) is 14. The Kier molecular flexibility index (Phi) is 10.1. The predicted molar refractivity (Wildman–Crippen MR) is 177 cm³/mol. The van der Waals surface area contributed by atoms with Crippen LogP contribution < -0.4 is 15.3 Å². The molecule has 2 fully saturated rings. The van der Waals surface area contributed by atoms with Crippen molar-refractivity contribution in [3.63, 3.8) is 0 Å². The zero-order chi connectivity index (χ0) is 36.8. The Balaban J connectivity index is 1.57. The second-order valence-corrected chi connectivity index (χ2v) is 15.5. The van der Waals surface area contributed by atoms with Crippen molar-refractivity contribution in [3.8, 4) is 5.75 Å². The number of esters is 3. The summed E-state index contributed by atoms with van der Waals surface area (Å²) in [6, 6.07) is 10.2. The molecule has 5 rings (SSSR count). The summed E-state index contributed by atoms with van der Waals surface area (Å²) in [6.45, 7) is 12.1. The van der Waals surface area contributed by atoms with E-state index in [0.717, 1.165) is 0 Å². The lowest BCUT2D eigenvalue weighted by Gasteiger charge is -2.31. The summed E-state index contributed by atoms with van der Waals surface area (Å²) >= 11 is 0. The van der Waals surface area contributed by atoms with E-state index in [9.17, 15) is 24.1 Å². The van der Waals surface area contributed by atoms with E-state index in [-0.39, 0.29) is 18.2 Å². The number of nitrogens with one attached hydrogen (secondary N) is 1. The number of carbonyl (C=O) groups excluding carboxylic acids is 3. The van der Waals surface area contributed by atoms with Gasteiger partial charge in [0.05, 0.1) is 23.1 Å². The Bertz CT molecular complexity index is 1800. The van der Waals surface area contributed by atoms with Gasteiger partial charge in [-0.25, -0.2) is 14.1 Å². The van der Waals surface area contributed by atoms with Gasteiger partial charge in [0.2, 0.25) is 5.60 Å². The molecule has 16 nitrogen and oxygen atoms in total. The topological polar surface area (TPSA) is 212 Å². The highest BCUT2D eigenvalue weighted by Crippen LogP contribution is 2.71. The van der Waals surface area contributed by atoms with E-state index in [1.807, 2.05) is 0 Å². The van der Waals surface area contributed by atoms with E-state index in [4.69, 9.17) is 33.7 Å². The molecule has 0 radical (unpaired) electrons. The molecule has 0 amide bonds. The van der Waals surface area contributed by atoms with Crippen LogP contribution in [-0.2, 0) is 42.4 Å². The number of aromatic nitrogens is 3. The van der Waals surface area contributed by atoms with Crippen LogP contribution in [0.3, 0.4) is 0 Å². The van der Waals surface area contributed by atoms with Crippen molar-refractivity contribution in [3.05, 3.63) is 54.5 Å². The Morgan fingerprint density at radius 3 is 2.34 bits per heavy atom. The molecule has 1 unspecified atom stereocenters. The number of carbonyl (C=O) groups is 3. The Morgan fingerprint density at radius 1 is 1.06 bits per heavy atom. The third kappa shape index (κ3) is 7.08. The molecule has 0 bridgehead atoms. The predicted octanol–water partition coefficient (Wildman–Crippen LogP) is 3.53. The fourth-order valence-electron chi connectivity index (χ4n) is 5.67. The van der Waals surface area contributed by atoms with Crippen LogP contribution >= 0.6 is 7.75 Å². The Morgan fingerprint density at radius 2 is 1.72 bits per heavy atom. The van der Waals surface area contributed by atoms with Crippen LogP contribution in [0.1, 0.15) is 67.2 Å². The molecule has 50 heavy (non-hydrogen) atoms. The molecule has 272 valence electrons. The third-order valence-electron chi connectivity index (χ3n) is 8.40. The van der Waals surface area contributed by atoms with Crippen LogP contribution in [0.2, 0.25) is 0 Å². The molecule has 3 aromatic rings.